The van der Waals surface area contributed by atoms with E-state index < -0.39 is 5.97 Å². The first-order valence-electron chi connectivity index (χ1n) is 10.8. The number of rotatable bonds is 5. The van der Waals surface area contributed by atoms with E-state index in [1.165, 1.54) is 17.8 Å². The van der Waals surface area contributed by atoms with E-state index in [2.05, 4.69) is 21.2 Å². The van der Waals surface area contributed by atoms with Gasteiger partial charge in [-0.15, -0.1) is 23.4 Å². The van der Waals surface area contributed by atoms with E-state index in [-0.39, 0.29) is 44.7 Å². The third-order valence-electron chi connectivity index (χ3n) is 6.66. The first-order chi connectivity index (χ1) is 16.4. The zero-order chi connectivity index (χ0) is 24.0. The minimum Gasteiger partial charge on any atom is -0.478 e. The van der Waals surface area contributed by atoms with Crippen LogP contribution in [-0.4, -0.2) is 26.6 Å². The lowest BCUT2D eigenvalue weighted by Crippen LogP contribution is -2.32. The number of nitrogens with one attached hydrogen (secondary N) is 1. The predicted molar refractivity (Wildman–Crippen MR) is 137 cm³/mol. The summed E-state index contributed by atoms with van der Waals surface area (Å²) in [5.41, 5.74) is 2.80. The first-order valence-corrected chi connectivity index (χ1v) is 12.9. The third-order valence-corrected chi connectivity index (χ3v) is 9.49. The molecule has 6 nitrogen and oxygen atoms in total. The van der Waals surface area contributed by atoms with E-state index >= 15 is 0 Å². The number of nitro groups is 1. The van der Waals surface area contributed by atoms with Gasteiger partial charge in [0.25, 0.3) is 5.69 Å². The highest BCUT2D eigenvalue weighted by molar-refractivity contribution is 9.10. The van der Waals surface area contributed by atoms with Crippen molar-refractivity contribution in [3.05, 3.63) is 98.0 Å². The molecular formula is C25H20BrClN2O4S. The van der Waals surface area contributed by atoms with Crippen molar-refractivity contribution in [1.82, 2.24) is 0 Å². The number of nitrogens with zero attached hydrogens (tertiary/aromatic N) is 1. The molecule has 2 N–H and O–H groups in total. The monoisotopic (exact) mass is 558 g/mol. The second-order valence-corrected chi connectivity index (χ2v) is 11.1. The van der Waals surface area contributed by atoms with Crippen LogP contribution in [0.4, 0.5) is 11.4 Å². The summed E-state index contributed by atoms with van der Waals surface area (Å²) in [5, 5.41) is 24.5. The number of carboxylic acids is 1. The van der Waals surface area contributed by atoms with Gasteiger partial charge in [-0.25, -0.2) is 4.79 Å². The largest absolute Gasteiger partial charge is 0.478 e. The van der Waals surface area contributed by atoms with Crippen LogP contribution in [0.1, 0.15) is 39.9 Å². The predicted octanol–water partition coefficient (Wildman–Crippen LogP) is 7.09. The first kappa shape index (κ1) is 23.2. The number of fused-ring (bicyclic) bond motifs is 3. The quantitative estimate of drug-likeness (QED) is 0.197. The van der Waals surface area contributed by atoms with Gasteiger partial charge in [0, 0.05) is 21.7 Å². The fourth-order valence-electron chi connectivity index (χ4n) is 5.23. The number of hydrogen-bond acceptors (Lipinski definition) is 5. The Hall–Kier alpha value is -2.55. The summed E-state index contributed by atoms with van der Waals surface area (Å²) in [6.07, 6.45) is 0.727. The van der Waals surface area contributed by atoms with Crippen LogP contribution in [0, 0.1) is 16.0 Å². The van der Waals surface area contributed by atoms with Crippen molar-refractivity contribution in [1.29, 1.82) is 0 Å². The molecule has 3 aromatic carbocycles. The van der Waals surface area contributed by atoms with Gasteiger partial charge >= 0.3 is 5.97 Å². The van der Waals surface area contributed by atoms with Gasteiger partial charge in [0.1, 0.15) is 0 Å². The Kier molecular flexibility index (Phi) is 6.31. The zero-order valence-electron chi connectivity index (χ0n) is 17.7. The molecule has 5 unspecified atom stereocenters. The minimum atomic E-state index is -0.997. The summed E-state index contributed by atoms with van der Waals surface area (Å²) in [7, 11) is 0. The van der Waals surface area contributed by atoms with Crippen LogP contribution in [0.15, 0.2) is 76.1 Å². The van der Waals surface area contributed by atoms with Crippen molar-refractivity contribution in [2.45, 2.75) is 33.9 Å². The SMILES string of the molecule is O=C(O)c1cccc2c1NC(c1ccccc1Br)C1CC(Sc3ccccc3[N+](=O)[O-])C(Cl)C21. The van der Waals surface area contributed by atoms with Gasteiger partial charge in [-0.2, -0.15) is 0 Å². The van der Waals surface area contributed by atoms with Gasteiger partial charge in [-0.05, 0) is 41.7 Å². The normalized spacial score (nSPS) is 25.2. The topological polar surface area (TPSA) is 92.5 Å². The van der Waals surface area contributed by atoms with E-state index in [9.17, 15) is 20.0 Å². The molecule has 2 aliphatic rings. The van der Waals surface area contributed by atoms with Crippen molar-refractivity contribution in [3.63, 3.8) is 0 Å². The van der Waals surface area contributed by atoms with Gasteiger partial charge in [0.15, 0.2) is 0 Å². The van der Waals surface area contributed by atoms with Crippen molar-refractivity contribution in [2.24, 2.45) is 5.92 Å². The Morgan fingerprint density at radius 3 is 2.53 bits per heavy atom. The average Bonchev–Trinajstić information content (AvgIpc) is 3.15. The van der Waals surface area contributed by atoms with E-state index in [0.717, 1.165) is 22.0 Å². The number of para-hydroxylation sites is 2. The Balaban J connectivity index is 1.59. The number of carbonyl (C=O) groups is 1. The van der Waals surface area contributed by atoms with Crippen LogP contribution in [0.5, 0.6) is 0 Å². The molecule has 174 valence electrons. The van der Waals surface area contributed by atoms with Crippen LogP contribution in [-0.2, 0) is 0 Å². The lowest BCUT2D eigenvalue weighted by Gasteiger charge is -2.39. The lowest BCUT2D eigenvalue weighted by atomic mass is 9.76. The van der Waals surface area contributed by atoms with E-state index in [4.69, 9.17) is 11.6 Å². The molecule has 9 heteroatoms. The van der Waals surface area contributed by atoms with Gasteiger partial charge in [0.05, 0.1) is 32.5 Å². The molecule has 0 spiro atoms. The maximum absolute atomic E-state index is 12.0. The molecule has 3 aromatic rings. The molecule has 34 heavy (non-hydrogen) atoms. The van der Waals surface area contributed by atoms with Gasteiger partial charge < -0.3 is 10.4 Å². The Bertz CT molecular complexity index is 1290. The second kappa shape index (κ2) is 9.24. The summed E-state index contributed by atoms with van der Waals surface area (Å²) < 4.78 is 0.934. The van der Waals surface area contributed by atoms with Crippen molar-refractivity contribution < 1.29 is 14.8 Å². The van der Waals surface area contributed by atoms with Crippen molar-refractivity contribution >= 4 is 56.6 Å². The van der Waals surface area contributed by atoms with Crippen LogP contribution in [0.2, 0.25) is 0 Å². The second-order valence-electron chi connectivity index (χ2n) is 8.47. The molecule has 0 bridgehead atoms. The van der Waals surface area contributed by atoms with Gasteiger partial charge in [0.2, 0.25) is 0 Å². The van der Waals surface area contributed by atoms with Crippen molar-refractivity contribution in [3.8, 4) is 0 Å². The van der Waals surface area contributed by atoms with Crippen LogP contribution >= 0.6 is 39.3 Å². The van der Waals surface area contributed by atoms with E-state index in [1.54, 1.807) is 30.3 Å². The lowest BCUT2D eigenvalue weighted by molar-refractivity contribution is -0.387. The molecule has 0 amide bonds. The number of alkyl halides is 1. The van der Waals surface area contributed by atoms with Gasteiger partial charge in [-0.3, -0.25) is 10.1 Å². The third kappa shape index (κ3) is 3.97. The molecule has 1 saturated carbocycles. The van der Waals surface area contributed by atoms with Crippen LogP contribution < -0.4 is 5.32 Å². The maximum Gasteiger partial charge on any atom is 0.337 e. The summed E-state index contributed by atoms with van der Waals surface area (Å²) in [6, 6.07) is 19.7. The molecule has 5 atom stereocenters. The number of thioether (sulfide) groups is 1. The summed E-state index contributed by atoms with van der Waals surface area (Å²) >= 11 is 12.2. The highest BCUT2D eigenvalue weighted by Crippen LogP contribution is 2.59. The highest BCUT2D eigenvalue weighted by atomic mass is 79.9. The fraction of sp³-hybridized carbons (Fsp3) is 0.240. The molecule has 0 saturated heterocycles. The molecule has 1 aliphatic carbocycles. The van der Waals surface area contributed by atoms with Gasteiger partial charge in [-0.1, -0.05) is 58.4 Å². The minimum absolute atomic E-state index is 0.0697. The zero-order valence-corrected chi connectivity index (χ0v) is 20.9. The number of nitro benzene ring substituents is 1. The highest BCUT2D eigenvalue weighted by Gasteiger charge is 2.51. The Labute approximate surface area is 214 Å². The smallest absolute Gasteiger partial charge is 0.337 e. The molecule has 1 heterocycles. The van der Waals surface area contributed by atoms with E-state index in [0.29, 0.717) is 10.6 Å². The Morgan fingerprint density at radius 2 is 1.79 bits per heavy atom. The number of benzene rings is 3. The molecular weight excluding hydrogens is 540 g/mol. The fourth-order valence-corrected chi connectivity index (χ4v) is 7.70. The standard InChI is InChI=1S/C25H20BrClN2O4S/c26-17-9-2-1-6-13(17)23-16-12-20(34-19-11-4-3-10-18(19)29(32)33)22(27)21(16)14-7-5-8-15(25(30)31)24(14)28-23/h1-11,16,20-23,28H,12H2,(H,30,31). The number of anilines is 1. The van der Waals surface area contributed by atoms with Crippen LogP contribution in [0.25, 0.3) is 0 Å². The summed E-state index contributed by atoms with van der Waals surface area (Å²) in [4.78, 5) is 23.8. The molecule has 1 fully saturated rings. The van der Waals surface area contributed by atoms with Crippen molar-refractivity contribution in [2.75, 3.05) is 5.32 Å². The number of carboxylic acid groups (broad SMARTS) is 1. The molecule has 5 rings (SSSR count). The van der Waals surface area contributed by atoms with E-state index in [1.807, 2.05) is 30.3 Å². The summed E-state index contributed by atoms with van der Waals surface area (Å²) in [5.74, 6) is -1.02. The Morgan fingerprint density at radius 1 is 1.09 bits per heavy atom. The number of aromatic carboxylic acids is 1. The maximum atomic E-state index is 12.0. The molecule has 1 aliphatic heterocycles. The average molecular weight is 560 g/mol. The number of hydrogen-bond donors (Lipinski definition) is 2. The molecule has 0 aromatic heterocycles. The summed E-state index contributed by atoms with van der Waals surface area (Å²) in [6.45, 7) is 0. The van der Waals surface area contributed by atoms with Crippen LogP contribution in [0.3, 0.4) is 0 Å². The number of halogens is 2. The molecule has 0 radical (unpaired) electrons.